The highest BCUT2D eigenvalue weighted by molar-refractivity contribution is 6.62. The molecule has 0 saturated carbocycles. The van der Waals surface area contributed by atoms with E-state index < -0.39 is 18.7 Å². The van der Waals surface area contributed by atoms with Crippen molar-refractivity contribution in [3.8, 4) is 0 Å². The van der Waals surface area contributed by atoms with Crippen molar-refractivity contribution in [1.29, 1.82) is 0 Å². The van der Waals surface area contributed by atoms with Gasteiger partial charge >= 0.3 is 13.1 Å². The summed E-state index contributed by atoms with van der Waals surface area (Å²) in [6.07, 6.45) is 1.62. The molecule has 2 rings (SSSR count). The SMILES string of the molecule is CCOC(=O)c1cc(B2OC(C(C)C)C(C)(C)O2)cn(CC)c1=O. The molecule has 132 valence electrons. The normalized spacial score (nSPS) is 19.8. The molecule has 0 bridgehead atoms. The highest BCUT2D eigenvalue weighted by Crippen LogP contribution is 2.31. The summed E-state index contributed by atoms with van der Waals surface area (Å²) in [6.45, 7) is 12.3. The molecule has 2 heterocycles. The van der Waals surface area contributed by atoms with Gasteiger partial charge in [-0.3, -0.25) is 4.79 Å². The van der Waals surface area contributed by atoms with E-state index in [-0.39, 0.29) is 29.8 Å². The number of pyridine rings is 1. The Morgan fingerprint density at radius 1 is 1.42 bits per heavy atom. The van der Waals surface area contributed by atoms with Crippen molar-refractivity contribution in [2.45, 2.75) is 59.8 Å². The maximum Gasteiger partial charge on any atom is 0.496 e. The Labute approximate surface area is 143 Å². The van der Waals surface area contributed by atoms with Gasteiger partial charge in [-0.05, 0) is 45.1 Å². The minimum atomic E-state index is -0.621. The molecular weight excluding hydrogens is 309 g/mol. The number of hydrogen-bond donors (Lipinski definition) is 0. The smallest absolute Gasteiger partial charge is 0.462 e. The third-order valence-corrected chi connectivity index (χ3v) is 4.19. The Kier molecular flexibility index (Phi) is 5.55. The molecule has 0 aliphatic carbocycles. The lowest BCUT2D eigenvalue weighted by molar-refractivity contribution is 0.0438. The van der Waals surface area contributed by atoms with Gasteiger partial charge in [-0.15, -0.1) is 0 Å². The molecule has 24 heavy (non-hydrogen) atoms. The average Bonchev–Trinajstić information content (AvgIpc) is 2.83. The van der Waals surface area contributed by atoms with Crippen molar-refractivity contribution in [1.82, 2.24) is 4.57 Å². The van der Waals surface area contributed by atoms with E-state index in [4.69, 9.17) is 14.0 Å². The molecule has 0 amide bonds. The van der Waals surface area contributed by atoms with Crippen molar-refractivity contribution in [3.05, 3.63) is 28.2 Å². The van der Waals surface area contributed by atoms with E-state index in [1.165, 1.54) is 10.6 Å². The summed E-state index contributed by atoms with van der Waals surface area (Å²) in [5, 5.41) is 0. The van der Waals surface area contributed by atoms with Crippen LogP contribution in [-0.2, 0) is 20.6 Å². The number of esters is 1. The lowest BCUT2D eigenvalue weighted by Crippen LogP contribution is -2.40. The first-order chi connectivity index (χ1) is 11.2. The summed E-state index contributed by atoms with van der Waals surface area (Å²) in [5.41, 5.74) is -0.155. The standard InChI is InChI=1S/C17H26BNO5/c1-7-19-10-12(9-13(15(19)20)16(21)22-8-2)18-23-14(11(3)4)17(5,6)24-18/h9-11,14H,7-8H2,1-6H3. The molecule has 0 spiro atoms. The Morgan fingerprint density at radius 2 is 2.08 bits per heavy atom. The largest absolute Gasteiger partial charge is 0.496 e. The van der Waals surface area contributed by atoms with Gasteiger partial charge in [-0.2, -0.15) is 0 Å². The second-order valence-electron chi connectivity index (χ2n) is 6.85. The Hall–Kier alpha value is -1.60. The molecule has 7 heteroatoms. The maximum atomic E-state index is 12.4. The van der Waals surface area contributed by atoms with Gasteiger partial charge in [0.1, 0.15) is 5.56 Å². The van der Waals surface area contributed by atoms with Gasteiger partial charge in [0.05, 0.1) is 18.3 Å². The molecule has 1 aromatic heterocycles. The van der Waals surface area contributed by atoms with E-state index in [0.29, 0.717) is 12.0 Å². The Morgan fingerprint density at radius 3 is 2.58 bits per heavy atom. The zero-order valence-corrected chi connectivity index (χ0v) is 15.3. The molecule has 1 fully saturated rings. The monoisotopic (exact) mass is 335 g/mol. The predicted octanol–water partition coefficient (Wildman–Crippen LogP) is 1.59. The molecule has 1 aliphatic heterocycles. The number of nitrogens with zero attached hydrogens (tertiary/aromatic N) is 1. The van der Waals surface area contributed by atoms with Crippen LogP contribution in [0.2, 0.25) is 0 Å². The molecule has 1 saturated heterocycles. The molecule has 0 radical (unpaired) electrons. The van der Waals surface area contributed by atoms with Gasteiger partial charge < -0.3 is 18.6 Å². The third-order valence-electron chi connectivity index (χ3n) is 4.19. The van der Waals surface area contributed by atoms with Gasteiger partial charge in [0.15, 0.2) is 0 Å². The number of aryl methyl sites for hydroxylation is 1. The van der Waals surface area contributed by atoms with Gasteiger partial charge in [-0.1, -0.05) is 13.8 Å². The number of hydrogen-bond acceptors (Lipinski definition) is 5. The Bertz CT molecular complexity index is 667. The van der Waals surface area contributed by atoms with E-state index in [1.54, 1.807) is 13.1 Å². The van der Waals surface area contributed by atoms with Crippen LogP contribution in [0.3, 0.4) is 0 Å². The van der Waals surface area contributed by atoms with E-state index in [2.05, 4.69) is 13.8 Å². The molecule has 1 aromatic rings. The van der Waals surface area contributed by atoms with E-state index in [9.17, 15) is 9.59 Å². The van der Waals surface area contributed by atoms with Gasteiger partial charge in [-0.25, -0.2) is 4.79 Å². The lowest BCUT2D eigenvalue weighted by atomic mass is 9.79. The van der Waals surface area contributed by atoms with Crippen LogP contribution in [-0.4, -0.2) is 36.0 Å². The minimum absolute atomic E-state index is 0.00852. The number of carbonyl (C=O) groups is 1. The first-order valence-corrected chi connectivity index (χ1v) is 8.46. The minimum Gasteiger partial charge on any atom is -0.462 e. The van der Waals surface area contributed by atoms with Crippen molar-refractivity contribution in [2.24, 2.45) is 5.92 Å². The van der Waals surface area contributed by atoms with E-state index in [0.717, 1.165) is 0 Å². The molecule has 1 atom stereocenters. The summed E-state index contributed by atoms with van der Waals surface area (Å²) in [4.78, 5) is 24.4. The van der Waals surface area contributed by atoms with Crippen molar-refractivity contribution < 1.29 is 18.8 Å². The molecule has 1 unspecified atom stereocenters. The summed E-state index contributed by atoms with van der Waals surface area (Å²) >= 11 is 0. The van der Waals surface area contributed by atoms with Crippen LogP contribution in [0.4, 0.5) is 0 Å². The molecule has 6 nitrogen and oxygen atoms in total. The molecule has 1 aliphatic rings. The quantitative estimate of drug-likeness (QED) is 0.604. The fraction of sp³-hybridized carbons (Fsp3) is 0.647. The van der Waals surface area contributed by atoms with Crippen molar-refractivity contribution in [3.63, 3.8) is 0 Å². The summed E-state index contributed by atoms with van der Waals surface area (Å²) in [6, 6.07) is 1.52. The number of rotatable bonds is 5. The lowest BCUT2D eigenvalue weighted by Gasteiger charge is -2.28. The maximum absolute atomic E-state index is 12.4. The first-order valence-electron chi connectivity index (χ1n) is 8.46. The summed E-state index contributed by atoms with van der Waals surface area (Å²) in [5.74, 6) is -0.337. The van der Waals surface area contributed by atoms with E-state index in [1.807, 2.05) is 20.8 Å². The fourth-order valence-electron chi connectivity index (χ4n) is 3.15. The van der Waals surface area contributed by atoms with Crippen molar-refractivity contribution in [2.75, 3.05) is 6.61 Å². The number of carbonyl (C=O) groups excluding carboxylic acids is 1. The Balaban J connectivity index is 2.43. The average molecular weight is 335 g/mol. The summed E-state index contributed by atoms with van der Waals surface area (Å²) < 4.78 is 18.6. The second-order valence-corrected chi connectivity index (χ2v) is 6.85. The van der Waals surface area contributed by atoms with Crippen LogP contribution < -0.4 is 11.0 Å². The van der Waals surface area contributed by atoms with Crippen LogP contribution in [0.5, 0.6) is 0 Å². The van der Waals surface area contributed by atoms with Crippen molar-refractivity contribution >= 4 is 18.6 Å². The van der Waals surface area contributed by atoms with Crippen LogP contribution in [0.15, 0.2) is 17.1 Å². The van der Waals surface area contributed by atoms with Crippen LogP contribution in [0.25, 0.3) is 0 Å². The first kappa shape index (κ1) is 18.7. The van der Waals surface area contributed by atoms with E-state index >= 15 is 0 Å². The predicted molar refractivity (Wildman–Crippen MR) is 92.6 cm³/mol. The highest BCUT2D eigenvalue weighted by atomic mass is 16.7. The number of aromatic nitrogens is 1. The molecular formula is C17H26BNO5. The van der Waals surface area contributed by atoms with Gasteiger partial charge in [0.25, 0.3) is 5.56 Å². The molecule has 0 N–H and O–H groups in total. The van der Waals surface area contributed by atoms with Crippen LogP contribution in [0, 0.1) is 5.92 Å². The molecule has 0 aromatic carbocycles. The number of ether oxygens (including phenoxy) is 1. The van der Waals surface area contributed by atoms with Gasteiger partial charge in [0.2, 0.25) is 0 Å². The fourth-order valence-corrected chi connectivity index (χ4v) is 3.15. The van der Waals surface area contributed by atoms with Crippen LogP contribution in [0.1, 0.15) is 51.9 Å². The van der Waals surface area contributed by atoms with Crippen LogP contribution >= 0.6 is 0 Å². The van der Waals surface area contributed by atoms with Gasteiger partial charge in [0, 0.05) is 12.7 Å². The topological polar surface area (TPSA) is 66.8 Å². The zero-order valence-electron chi connectivity index (χ0n) is 15.3. The second kappa shape index (κ2) is 7.11. The third kappa shape index (κ3) is 3.57. The summed E-state index contributed by atoms with van der Waals surface area (Å²) in [7, 11) is -0.612. The highest BCUT2D eigenvalue weighted by Gasteiger charge is 2.47. The zero-order chi connectivity index (χ0) is 18.1.